The van der Waals surface area contributed by atoms with Crippen LogP contribution in [0.25, 0.3) is 0 Å². The van der Waals surface area contributed by atoms with Crippen molar-refractivity contribution < 1.29 is 0 Å². The van der Waals surface area contributed by atoms with Gasteiger partial charge in [0, 0.05) is 18.3 Å². The molecule has 1 unspecified atom stereocenters. The molecule has 0 amide bonds. The minimum absolute atomic E-state index is 0.0896. The number of hydrazine groups is 1. The summed E-state index contributed by atoms with van der Waals surface area (Å²) in [6.45, 7) is 1.98. The number of nitrogens with zero attached hydrogens (tertiary/aromatic N) is 2. The third-order valence-corrected chi connectivity index (χ3v) is 4.28. The zero-order valence-corrected chi connectivity index (χ0v) is 12.2. The Balaban J connectivity index is 2.19. The molecule has 17 heavy (non-hydrogen) atoms. The summed E-state index contributed by atoms with van der Waals surface area (Å²) in [5, 5.41) is 4.34. The SMILES string of the molecule is Cc1cc(C(Cc2ccc(Br)s2)NN)n(C)n1. The molecule has 0 aliphatic rings. The summed E-state index contributed by atoms with van der Waals surface area (Å²) in [7, 11) is 1.94. The molecular formula is C11H15BrN4S. The lowest BCUT2D eigenvalue weighted by molar-refractivity contribution is 0.511. The second-order valence-corrected chi connectivity index (χ2v) is 6.51. The van der Waals surface area contributed by atoms with Crippen LogP contribution in [0.3, 0.4) is 0 Å². The molecule has 2 aromatic heterocycles. The van der Waals surface area contributed by atoms with Crippen molar-refractivity contribution in [3.05, 3.63) is 38.3 Å². The van der Waals surface area contributed by atoms with E-state index in [0.717, 1.165) is 21.6 Å². The van der Waals surface area contributed by atoms with E-state index in [1.807, 2.05) is 18.7 Å². The Hall–Kier alpha value is -0.690. The van der Waals surface area contributed by atoms with E-state index in [-0.39, 0.29) is 6.04 Å². The monoisotopic (exact) mass is 314 g/mol. The summed E-state index contributed by atoms with van der Waals surface area (Å²) >= 11 is 5.20. The van der Waals surface area contributed by atoms with Gasteiger partial charge in [0.05, 0.1) is 21.2 Å². The minimum atomic E-state index is 0.0896. The summed E-state index contributed by atoms with van der Waals surface area (Å²) in [5.74, 6) is 5.64. The van der Waals surface area contributed by atoms with Crippen LogP contribution in [0.4, 0.5) is 0 Å². The first-order valence-corrected chi connectivity index (χ1v) is 6.92. The van der Waals surface area contributed by atoms with Gasteiger partial charge in [0.15, 0.2) is 0 Å². The Morgan fingerprint density at radius 3 is 2.82 bits per heavy atom. The highest BCUT2D eigenvalue weighted by atomic mass is 79.9. The van der Waals surface area contributed by atoms with Crippen molar-refractivity contribution in [3.63, 3.8) is 0 Å². The molecule has 0 aliphatic heterocycles. The Kier molecular flexibility index (Phi) is 3.98. The molecule has 2 aromatic rings. The average molecular weight is 315 g/mol. The van der Waals surface area contributed by atoms with E-state index in [0.29, 0.717) is 0 Å². The lowest BCUT2D eigenvalue weighted by atomic mass is 10.1. The topological polar surface area (TPSA) is 55.9 Å². The molecule has 1 atom stereocenters. The molecule has 0 aliphatic carbocycles. The highest BCUT2D eigenvalue weighted by Crippen LogP contribution is 2.26. The Morgan fingerprint density at radius 1 is 1.59 bits per heavy atom. The van der Waals surface area contributed by atoms with Crippen molar-refractivity contribution in [2.75, 3.05) is 0 Å². The van der Waals surface area contributed by atoms with Crippen LogP contribution in [-0.4, -0.2) is 9.78 Å². The lowest BCUT2D eigenvalue weighted by Crippen LogP contribution is -2.30. The van der Waals surface area contributed by atoms with Crippen molar-refractivity contribution in [1.29, 1.82) is 0 Å². The molecule has 92 valence electrons. The third-order valence-electron chi connectivity index (χ3n) is 2.63. The zero-order valence-electron chi connectivity index (χ0n) is 9.77. The Labute approximate surface area is 113 Å². The van der Waals surface area contributed by atoms with E-state index in [1.54, 1.807) is 11.3 Å². The number of hydrogen-bond acceptors (Lipinski definition) is 4. The van der Waals surface area contributed by atoms with Crippen LogP contribution in [0.5, 0.6) is 0 Å². The van der Waals surface area contributed by atoms with Crippen molar-refractivity contribution >= 4 is 27.3 Å². The van der Waals surface area contributed by atoms with Gasteiger partial charge < -0.3 is 0 Å². The van der Waals surface area contributed by atoms with Gasteiger partial charge in [-0.05, 0) is 41.1 Å². The molecular weight excluding hydrogens is 300 g/mol. The van der Waals surface area contributed by atoms with Crippen LogP contribution in [-0.2, 0) is 13.5 Å². The Bertz CT molecular complexity index is 505. The number of thiophene rings is 1. The second-order valence-electron chi connectivity index (χ2n) is 3.96. The van der Waals surface area contributed by atoms with Crippen LogP contribution < -0.4 is 11.3 Å². The largest absolute Gasteiger partial charge is 0.271 e. The third kappa shape index (κ3) is 2.95. The summed E-state index contributed by atoms with van der Waals surface area (Å²) in [5.41, 5.74) is 4.98. The summed E-state index contributed by atoms with van der Waals surface area (Å²) in [6.07, 6.45) is 0.867. The van der Waals surface area contributed by atoms with Crippen LogP contribution in [0, 0.1) is 6.92 Å². The molecule has 6 heteroatoms. The molecule has 0 saturated heterocycles. The fourth-order valence-corrected chi connectivity index (χ4v) is 3.40. The van der Waals surface area contributed by atoms with Gasteiger partial charge in [0.1, 0.15) is 0 Å². The van der Waals surface area contributed by atoms with E-state index < -0.39 is 0 Å². The second kappa shape index (κ2) is 5.30. The lowest BCUT2D eigenvalue weighted by Gasteiger charge is -2.15. The molecule has 2 rings (SSSR count). The number of aromatic nitrogens is 2. The van der Waals surface area contributed by atoms with Gasteiger partial charge in [-0.1, -0.05) is 0 Å². The van der Waals surface area contributed by atoms with Crippen molar-refractivity contribution in [1.82, 2.24) is 15.2 Å². The minimum Gasteiger partial charge on any atom is -0.271 e. The van der Waals surface area contributed by atoms with Gasteiger partial charge in [-0.2, -0.15) is 5.10 Å². The van der Waals surface area contributed by atoms with E-state index in [1.165, 1.54) is 4.88 Å². The number of aryl methyl sites for hydroxylation is 2. The molecule has 2 heterocycles. The first-order valence-electron chi connectivity index (χ1n) is 5.31. The number of rotatable bonds is 4. The van der Waals surface area contributed by atoms with Crippen LogP contribution in [0.15, 0.2) is 22.0 Å². The smallest absolute Gasteiger partial charge is 0.0701 e. The van der Waals surface area contributed by atoms with Gasteiger partial charge in [-0.15, -0.1) is 11.3 Å². The molecule has 0 saturated carbocycles. The van der Waals surface area contributed by atoms with Crippen LogP contribution in [0.1, 0.15) is 22.3 Å². The maximum absolute atomic E-state index is 5.64. The van der Waals surface area contributed by atoms with Gasteiger partial charge in [-0.3, -0.25) is 16.0 Å². The predicted molar refractivity (Wildman–Crippen MR) is 73.7 cm³/mol. The maximum Gasteiger partial charge on any atom is 0.0701 e. The standard InChI is InChI=1S/C11H15BrN4S/c1-7-5-10(16(2)15-7)9(14-13)6-8-3-4-11(12)17-8/h3-5,9,14H,6,13H2,1-2H3. The summed E-state index contributed by atoms with van der Waals surface area (Å²) in [6, 6.07) is 6.32. The fourth-order valence-electron chi connectivity index (χ4n) is 1.87. The van der Waals surface area contributed by atoms with Crippen molar-refractivity contribution in [2.24, 2.45) is 12.9 Å². The van der Waals surface area contributed by atoms with Crippen LogP contribution in [0.2, 0.25) is 0 Å². The van der Waals surface area contributed by atoms with Crippen LogP contribution >= 0.6 is 27.3 Å². The fraction of sp³-hybridized carbons (Fsp3) is 0.364. The number of halogens is 1. The number of nitrogens with one attached hydrogen (secondary N) is 1. The molecule has 0 radical (unpaired) electrons. The first kappa shape index (κ1) is 12.8. The molecule has 0 aromatic carbocycles. The average Bonchev–Trinajstić information content (AvgIpc) is 2.82. The van der Waals surface area contributed by atoms with Gasteiger partial charge in [-0.25, -0.2) is 0 Å². The number of nitrogens with two attached hydrogens (primary N) is 1. The quantitative estimate of drug-likeness (QED) is 0.672. The summed E-state index contributed by atoms with van der Waals surface area (Å²) < 4.78 is 3.02. The number of hydrogen-bond donors (Lipinski definition) is 2. The van der Waals surface area contributed by atoms with E-state index >= 15 is 0 Å². The van der Waals surface area contributed by atoms with E-state index in [2.05, 4.69) is 44.7 Å². The zero-order chi connectivity index (χ0) is 12.4. The maximum atomic E-state index is 5.64. The van der Waals surface area contributed by atoms with E-state index in [9.17, 15) is 0 Å². The highest BCUT2D eigenvalue weighted by molar-refractivity contribution is 9.11. The van der Waals surface area contributed by atoms with Gasteiger partial charge >= 0.3 is 0 Å². The van der Waals surface area contributed by atoms with Crippen molar-refractivity contribution in [2.45, 2.75) is 19.4 Å². The summed E-state index contributed by atoms with van der Waals surface area (Å²) in [4.78, 5) is 1.29. The predicted octanol–water partition coefficient (Wildman–Crippen LogP) is 2.30. The molecule has 0 fully saturated rings. The molecule has 4 nitrogen and oxygen atoms in total. The Morgan fingerprint density at radius 2 is 2.35 bits per heavy atom. The van der Waals surface area contributed by atoms with Crippen molar-refractivity contribution in [3.8, 4) is 0 Å². The first-order chi connectivity index (χ1) is 8.10. The normalized spacial score (nSPS) is 12.9. The van der Waals surface area contributed by atoms with E-state index in [4.69, 9.17) is 5.84 Å². The highest BCUT2D eigenvalue weighted by Gasteiger charge is 2.16. The van der Waals surface area contributed by atoms with Gasteiger partial charge in [0.25, 0.3) is 0 Å². The van der Waals surface area contributed by atoms with Gasteiger partial charge in [0.2, 0.25) is 0 Å². The molecule has 0 spiro atoms. The molecule has 0 bridgehead atoms. The molecule has 3 N–H and O–H groups in total.